The van der Waals surface area contributed by atoms with Gasteiger partial charge in [0, 0.05) is 0 Å². The second-order valence-electron chi connectivity index (χ2n) is 5.15. The van der Waals surface area contributed by atoms with Crippen molar-refractivity contribution >= 4 is 22.9 Å². The number of aliphatic carboxylic acids is 1. The number of nitrogens with zero attached hydrogens (tertiary/aromatic N) is 1. The van der Waals surface area contributed by atoms with Gasteiger partial charge in [-0.05, 0) is 18.1 Å². The van der Waals surface area contributed by atoms with Gasteiger partial charge >= 0.3 is 5.97 Å². The van der Waals surface area contributed by atoms with Crippen LogP contribution < -0.4 is 5.32 Å². The van der Waals surface area contributed by atoms with Crippen LogP contribution in [0.5, 0.6) is 0 Å². The minimum atomic E-state index is -1.01. The van der Waals surface area contributed by atoms with Gasteiger partial charge in [0.05, 0.1) is 17.5 Å². The maximum atomic E-state index is 12.0. The number of carbonyl (C=O) groups excluding carboxylic acids is 1. The summed E-state index contributed by atoms with van der Waals surface area (Å²) >= 11 is 0. The van der Waals surface area contributed by atoms with Gasteiger partial charge in [0.15, 0.2) is 0 Å². The molecule has 6 nitrogen and oxygen atoms in total. The van der Waals surface area contributed by atoms with Crippen molar-refractivity contribution in [1.29, 1.82) is 0 Å². The number of rotatable bonds is 6. The lowest BCUT2D eigenvalue weighted by atomic mass is 9.99. The van der Waals surface area contributed by atoms with E-state index in [4.69, 9.17) is 5.11 Å². The number of carboxylic acids is 1. The van der Waals surface area contributed by atoms with Crippen LogP contribution in [0.1, 0.15) is 26.1 Å². The number of hydrogen-bond acceptors (Lipinski definition) is 3. The summed E-state index contributed by atoms with van der Waals surface area (Å²) < 4.78 is 0. The molecule has 0 saturated heterocycles. The zero-order chi connectivity index (χ0) is 15.4. The van der Waals surface area contributed by atoms with E-state index in [1.165, 1.54) is 0 Å². The van der Waals surface area contributed by atoms with E-state index < -0.39 is 12.0 Å². The van der Waals surface area contributed by atoms with Crippen LogP contribution in [0.2, 0.25) is 0 Å². The van der Waals surface area contributed by atoms with Crippen molar-refractivity contribution in [2.24, 2.45) is 5.92 Å². The highest BCUT2D eigenvalue weighted by Gasteiger charge is 2.25. The minimum absolute atomic E-state index is 0.0366. The third kappa shape index (κ3) is 3.59. The molecule has 2 atom stereocenters. The van der Waals surface area contributed by atoms with Gasteiger partial charge in [-0.25, -0.2) is 9.78 Å². The number of aromatic nitrogens is 2. The van der Waals surface area contributed by atoms with E-state index in [1.54, 1.807) is 6.92 Å². The summed E-state index contributed by atoms with van der Waals surface area (Å²) in [5.74, 6) is -0.951. The number of para-hydroxylation sites is 2. The maximum absolute atomic E-state index is 12.0. The molecule has 0 aliphatic carbocycles. The average Bonchev–Trinajstić information content (AvgIpc) is 2.85. The molecule has 0 bridgehead atoms. The first-order valence-electron chi connectivity index (χ1n) is 6.97. The molecular formula is C15H19N3O3. The van der Waals surface area contributed by atoms with Crippen molar-refractivity contribution in [1.82, 2.24) is 15.3 Å². The van der Waals surface area contributed by atoms with E-state index in [0.29, 0.717) is 12.2 Å². The number of nitrogens with one attached hydrogen (secondary N) is 2. The molecule has 2 unspecified atom stereocenters. The van der Waals surface area contributed by atoms with Gasteiger partial charge in [0.2, 0.25) is 5.91 Å². The summed E-state index contributed by atoms with van der Waals surface area (Å²) in [6.07, 6.45) is 0.719. The minimum Gasteiger partial charge on any atom is -0.480 e. The molecule has 0 aliphatic rings. The number of imidazole rings is 1. The van der Waals surface area contributed by atoms with Crippen molar-refractivity contribution in [3.05, 3.63) is 30.1 Å². The van der Waals surface area contributed by atoms with E-state index in [9.17, 15) is 9.59 Å². The Balaban J connectivity index is 2.05. The monoisotopic (exact) mass is 289 g/mol. The van der Waals surface area contributed by atoms with Gasteiger partial charge in [-0.2, -0.15) is 0 Å². The molecule has 6 heteroatoms. The predicted molar refractivity (Wildman–Crippen MR) is 78.8 cm³/mol. The summed E-state index contributed by atoms with van der Waals surface area (Å²) in [6.45, 7) is 3.70. The van der Waals surface area contributed by atoms with Crippen LogP contribution in [0.3, 0.4) is 0 Å². The topological polar surface area (TPSA) is 95.1 Å². The number of benzene rings is 1. The summed E-state index contributed by atoms with van der Waals surface area (Å²) in [4.78, 5) is 30.5. The lowest BCUT2D eigenvalue weighted by molar-refractivity contribution is -0.143. The number of fused-ring (bicyclic) bond motifs is 1. The Morgan fingerprint density at radius 2 is 2.10 bits per heavy atom. The van der Waals surface area contributed by atoms with Crippen molar-refractivity contribution in [2.75, 3.05) is 0 Å². The molecular weight excluding hydrogens is 270 g/mol. The highest BCUT2D eigenvalue weighted by molar-refractivity contribution is 5.85. The van der Waals surface area contributed by atoms with Crippen LogP contribution in [0.4, 0.5) is 0 Å². The first kappa shape index (κ1) is 15.0. The largest absolute Gasteiger partial charge is 0.480 e. The Labute approximate surface area is 122 Å². The molecule has 1 heterocycles. The van der Waals surface area contributed by atoms with Crippen LogP contribution in [0.15, 0.2) is 24.3 Å². The fourth-order valence-corrected chi connectivity index (χ4v) is 2.15. The molecule has 0 aliphatic heterocycles. The van der Waals surface area contributed by atoms with Crippen molar-refractivity contribution in [2.45, 2.75) is 32.7 Å². The first-order valence-corrected chi connectivity index (χ1v) is 6.97. The normalized spacial score (nSPS) is 13.8. The Kier molecular flexibility index (Phi) is 4.57. The van der Waals surface area contributed by atoms with E-state index >= 15 is 0 Å². The van der Waals surface area contributed by atoms with Crippen LogP contribution in [-0.4, -0.2) is 33.0 Å². The number of amides is 1. The molecule has 2 rings (SSSR count). The second-order valence-corrected chi connectivity index (χ2v) is 5.15. The number of aromatic amines is 1. The highest BCUT2D eigenvalue weighted by atomic mass is 16.4. The number of carboxylic acid groups (broad SMARTS) is 1. The van der Waals surface area contributed by atoms with Crippen LogP contribution in [-0.2, 0) is 16.0 Å². The molecule has 0 saturated carbocycles. The summed E-state index contributed by atoms with van der Waals surface area (Å²) in [5.41, 5.74) is 1.65. The highest BCUT2D eigenvalue weighted by Crippen LogP contribution is 2.11. The Morgan fingerprint density at radius 1 is 1.38 bits per heavy atom. The molecule has 1 aromatic carbocycles. The number of H-pyrrole nitrogens is 1. The van der Waals surface area contributed by atoms with E-state index in [1.807, 2.05) is 31.2 Å². The van der Waals surface area contributed by atoms with Gasteiger partial charge in [-0.3, -0.25) is 4.79 Å². The fourth-order valence-electron chi connectivity index (χ4n) is 2.15. The summed E-state index contributed by atoms with van der Waals surface area (Å²) in [6, 6.07) is 6.62. The lowest BCUT2D eigenvalue weighted by Gasteiger charge is -2.19. The van der Waals surface area contributed by atoms with Crippen LogP contribution in [0, 0.1) is 5.92 Å². The molecule has 3 N–H and O–H groups in total. The van der Waals surface area contributed by atoms with Crippen LogP contribution in [0.25, 0.3) is 11.0 Å². The van der Waals surface area contributed by atoms with Crippen molar-refractivity contribution in [3.8, 4) is 0 Å². The van der Waals surface area contributed by atoms with E-state index in [2.05, 4.69) is 15.3 Å². The summed E-state index contributed by atoms with van der Waals surface area (Å²) in [5, 5.41) is 11.7. The number of hydrogen-bond donors (Lipinski definition) is 3. The smallest absolute Gasteiger partial charge is 0.326 e. The Hall–Kier alpha value is -2.37. The third-order valence-electron chi connectivity index (χ3n) is 3.56. The number of carbonyl (C=O) groups is 2. The van der Waals surface area contributed by atoms with Gasteiger partial charge in [0.1, 0.15) is 11.9 Å². The van der Waals surface area contributed by atoms with Crippen LogP contribution >= 0.6 is 0 Å². The molecule has 2 aromatic rings. The molecule has 21 heavy (non-hydrogen) atoms. The molecule has 0 fully saturated rings. The average molecular weight is 289 g/mol. The Bertz CT molecular complexity index is 617. The fraction of sp³-hybridized carbons (Fsp3) is 0.400. The first-order chi connectivity index (χ1) is 10.0. The predicted octanol–water partition coefficient (Wildman–Crippen LogP) is 1.72. The third-order valence-corrected chi connectivity index (χ3v) is 3.56. The van der Waals surface area contributed by atoms with Gasteiger partial charge < -0.3 is 15.4 Å². The maximum Gasteiger partial charge on any atom is 0.326 e. The molecule has 1 aromatic heterocycles. The summed E-state index contributed by atoms with van der Waals surface area (Å²) in [7, 11) is 0. The Morgan fingerprint density at radius 3 is 2.71 bits per heavy atom. The van der Waals surface area contributed by atoms with Gasteiger partial charge in [0.25, 0.3) is 0 Å². The van der Waals surface area contributed by atoms with Crippen molar-refractivity contribution < 1.29 is 14.7 Å². The van der Waals surface area contributed by atoms with Gasteiger partial charge in [-0.1, -0.05) is 32.4 Å². The zero-order valence-corrected chi connectivity index (χ0v) is 12.1. The van der Waals surface area contributed by atoms with Gasteiger partial charge in [-0.15, -0.1) is 0 Å². The van der Waals surface area contributed by atoms with E-state index in [-0.39, 0.29) is 18.2 Å². The quantitative estimate of drug-likeness (QED) is 0.754. The standard InChI is InChI=1S/C15H19N3O3/c1-3-9(2)14(15(20)21)18-13(19)8-12-16-10-6-4-5-7-11(10)17-12/h4-7,9,14H,3,8H2,1-2H3,(H,16,17)(H,18,19)(H,20,21). The SMILES string of the molecule is CCC(C)C(NC(=O)Cc1nc2ccccc2[nH]1)C(=O)O. The molecule has 0 radical (unpaired) electrons. The van der Waals surface area contributed by atoms with Crippen molar-refractivity contribution in [3.63, 3.8) is 0 Å². The second kappa shape index (κ2) is 6.39. The van der Waals surface area contributed by atoms with E-state index in [0.717, 1.165) is 11.0 Å². The zero-order valence-electron chi connectivity index (χ0n) is 12.1. The molecule has 0 spiro atoms. The molecule has 1 amide bonds. The molecule has 112 valence electrons. The lowest BCUT2D eigenvalue weighted by Crippen LogP contribution is -2.45.